The highest BCUT2D eigenvalue weighted by Crippen LogP contribution is 2.19. The fourth-order valence-corrected chi connectivity index (χ4v) is 2.35. The molecule has 0 radical (unpaired) electrons. The van der Waals surface area contributed by atoms with Crippen molar-refractivity contribution in [2.75, 3.05) is 36.5 Å². The minimum absolute atomic E-state index is 0.254. The first-order valence-corrected chi connectivity index (χ1v) is 7.71. The number of ether oxygens (including phenoxy) is 1. The number of nitrogens with zero attached hydrogens (tertiary/aromatic N) is 3. The van der Waals surface area contributed by atoms with Crippen LogP contribution in [0.5, 0.6) is 0 Å². The van der Waals surface area contributed by atoms with Crippen LogP contribution in [0.2, 0.25) is 0 Å². The number of aryl methyl sites for hydroxylation is 1. The average Bonchev–Trinajstić information content (AvgIpc) is 2.69. The summed E-state index contributed by atoms with van der Waals surface area (Å²) in [7, 11) is 0. The lowest BCUT2D eigenvalue weighted by atomic mass is 10.3. The molecule has 5 nitrogen and oxygen atoms in total. The zero-order valence-corrected chi connectivity index (χ0v) is 12.9. The van der Waals surface area contributed by atoms with E-state index in [9.17, 15) is 0 Å². The van der Waals surface area contributed by atoms with Gasteiger partial charge in [0.25, 0.3) is 0 Å². The molecule has 1 aliphatic rings. The number of nitrogens with one attached hydrogen (secondary N) is 1. The standard InChI is InChI=1S/C15H26N4O/c1-4-7-16-14-10-15(18-13(5-2)17-14)19-8-6-9-20-12(3)11-19/h10,12H,4-9,11H2,1-3H3,(H,16,17,18). The topological polar surface area (TPSA) is 50.3 Å². The number of hydrogen-bond donors (Lipinski definition) is 1. The summed E-state index contributed by atoms with van der Waals surface area (Å²) < 4.78 is 5.71. The second-order valence-corrected chi connectivity index (χ2v) is 5.29. The van der Waals surface area contributed by atoms with Gasteiger partial charge in [-0.25, -0.2) is 9.97 Å². The monoisotopic (exact) mass is 278 g/mol. The summed E-state index contributed by atoms with van der Waals surface area (Å²) in [6.07, 6.45) is 3.25. The van der Waals surface area contributed by atoms with Gasteiger partial charge in [0, 0.05) is 38.7 Å². The maximum atomic E-state index is 5.71. The van der Waals surface area contributed by atoms with Gasteiger partial charge in [0.2, 0.25) is 0 Å². The quantitative estimate of drug-likeness (QED) is 0.896. The van der Waals surface area contributed by atoms with Gasteiger partial charge in [-0.15, -0.1) is 0 Å². The van der Waals surface area contributed by atoms with Crippen LogP contribution in [0.25, 0.3) is 0 Å². The van der Waals surface area contributed by atoms with E-state index >= 15 is 0 Å². The minimum Gasteiger partial charge on any atom is -0.377 e. The summed E-state index contributed by atoms with van der Waals surface area (Å²) in [5, 5.41) is 3.37. The molecule has 1 unspecified atom stereocenters. The van der Waals surface area contributed by atoms with Gasteiger partial charge in [-0.1, -0.05) is 13.8 Å². The molecule has 20 heavy (non-hydrogen) atoms. The number of aromatic nitrogens is 2. The predicted molar refractivity (Wildman–Crippen MR) is 82.4 cm³/mol. The van der Waals surface area contributed by atoms with Crippen LogP contribution in [0.3, 0.4) is 0 Å². The van der Waals surface area contributed by atoms with Crippen LogP contribution in [0.4, 0.5) is 11.6 Å². The van der Waals surface area contributed by atoms with E-state index in [0.717, 1.165) is 63.0 Å². The molecule has 2 heterocycles. The Labute approximate surface area is 121 Å². The van der Waals surface area contributed by atoms with Crippen molar-refractivity contribution in [3.05, 3.63) is 11.9 Å². The molecule has 1 N–H and O–H groups in total. The average molecular weight is 278 g/mol. The third kappa shape index (κ3) is 4.07. The van der Waals surface area contributed by atoms with Crippen LogP contribution in [-0.2, 0) is 11.2 Å². The molecule has 1 atom stereocenters. The Bertz CT molecular complexity index is 424. The van der Waals surface area contributed by atoms with Gasteiger partial charge in [-0.3, -0.25) is 0 Å². The van der Waals surface area contributed by atoms with Crippen LogP contribution < -0.4 is 10.2 Å². The Morgan fingerprint density at radius 1 is 1.40 bits per heavy atom. The Kier molecular flexibility index (Phi) is 5.59. The van der Waals surface area contributed by atoms with Gasteiger partial charge >= 0.3 is 0 Å². The minimum atomic E-state index is 0.254. The van der Waals surface area contributed by atoms with Crippen LogP contribution in [0.1, 0.15) is 39.4 Å². The van der Waals surface area contributed by atoms with Gasteiger partial charge < -0.3 is 15.0 Å². The van der Waals surface area contributed by atoms with E-state index in [2.05, 4.69) is 47.0 Å². The molecule has 0 bridgehead atoms. The molecule has 0 saturated carbocycles. The van der Waals surface area contributed by atoms with Crippen LogP contribution in [0.15, 0.2) is 6.07 Å². The fourth-order valence-electron chi connectivity index (χ4n) is 2.35. The van der Waals surface area contributed by atoms with Crippen molar-refractivity contribution in [2.24, 2.45) is 0 Å². The molecule has 1 aromatic rings. The Balaban J connectivity index is 2.19. The van der Waals surface area contributed by atoms with Gasteiger partial charge in [0.1, 0.15) is 17.5 Å². The first kappa shape index (κ1) is 15.0. The van der Waals surface area contributed by atoms with Crippen molar-refractivity contribution >= 4 is 11.6 Å². The molecule has 2 rings (SSSR count). The molecule has 0 spiro atoms. The molecule has 1 fully saturated rings. The summed E-state index contributed by atoms with van der Waals surface area (Å²) in [6, 6.07) is 2.06. The molecule has 0 aromatic carbocycles. The largest absolute Gasteiger partial charge is 0.377 e. The van der Waals surface area contributed by atoms with Crippen LogP contribution in [-0.4, -0.2) is 42.3 Å². The summed E-state index contributed by atoms with van der Waals surface area (Å²) in [6.45, 7) is 10.0. The van der Waals surface area contributed by atoms with Gasteiger partial charge in [0.05, 0.1) is 6.10 Å². The molecule has 112 valence electrons. The van der Waals surface area contributed by atoms with Gasteiger partial charge in [-0.2, -0.15) is 0 Å². The molecular weight excluding hydrogens is 252 g/mol. The first-order valence-electron chi connectivity index (χ1n) is 7.71. The highest BCUT2D eigenvalue weighted by atomic mass is 16.5. The SMILES string of the molecule is CCCNc1cc(N2CCCOC(C)C2)nc(CC)n1. The zero-order valence-electron chi connectivity index (χ0n) is 12.9. The lowest BCUT2D eigenvalue weighted by Crippen LogP contribution is -2.31. The Morgan fingerprint density at radius 2 is 2.25 bits per heavy atom. The summed E-state index contributed by atoms with van der Waals surface area (Å²) in [5.41, 5.74) is 0. The van der Waals surface area contributed by atoms with E-state index < -0.39 is 0 Å². The highest BCUT2D eigenvalue weighted by molar-refractivity contribution is 5.49. The number of rotatable bonds is 5. The summed E-state index contributed by atoms with van der Waals surface area (Å²) in [4.78, 5) is 11.5. The summed E-state index contributed by atoms with van der Waals surface area (Å²) in [5.74, 6) is 2.86. The zero-order chi connectivity index (χ0) is 14.4. The van der Waals surface area contributed by atoms with Gasteiger partial charge in [-0.05, 0) is 19.8 Å². The molecular formula is C15H26N4O. The van der Waals surface area contributed by atoms with Crippen LogP contribution in [0, 0.1) is 0 Å². The van der Waals surface area contributed by atoms with E-state index in [1.165, 1.54) is 0 Å². The van der Waals surface area contributed by atoms with E-state index in [1.54, 1.807) is 0 Å². The lowest BCUT2D eigenvalue weighted by Gasteiger charge is -2.24. The normalized spacial score (nSPS) is 19.8. The van der Waals surface area contributed by atoms with Crippen molar-refractivity contribution in [1.29, 1.82) is 0 Å². The Hall–Kier alpha value is -1.36. The second-order valence-electron chi connectivity index (χ2n) is 5.29. The van der Waals surface area contributed by atoms with E-state index in [-0.39, 0.29) is 6.10 Å². The molecule has 5 heteroatoms. The highest BCUT2D eigenvalue weighted by Gasteiger charge is 2.17. The van der Waals surface area contributed by atoms with E-state index in [1.807, 2.05) is 0 Å². The van der Waals surface area contributed by atoms with Crippen molar-refractivity contribution < 1.29 is 4.74 Å². The maximum Gasteiger partial charge on any atom is 0.134 e. The van der Waals surface area contributed by atoms with Crippen molar-refractivity contribution in [3.63, 3.8) is 0 Å². The third-order valence-electron chi connectivity index (χ3n) is 3.41. The molecule has 1 aliphatic heterocycles. The smallest absolute Gasteiger partial charge is 0.134 e. The van der Waals surface area contributed by atoms with E-state index in [0.29, 0.717) is 0 Å². The van der Waals surface area contributed by atoms with Crippen molar-refractivity contribution in [2.45, 2.75) is 46.1 Å². The summed E-state index contributed by atoms with van der Waals surface area (Å²) >= 11 is 0. The molecule has 0 amide bonds. The third-order valence-corrected chi connectivity index (χ3v) is 3.41. The predicted octanol–water partition coefficient (Wildman–Crippen LogP) is 2.48. The fraction of sp³-hybridized carbons (Fsp3) is 0.733. The lowest BCUT2D eigenvalue weighted by molar-refractivity contribution is 0.0820. The van der Waals surface area contributed by atoms with Crippen molar-refractivity contribution in [1.82, 2.24) is 9.97 Å². The Morgan fingerprint density at radius 3 is 3.00 bits per heavy atom. The number of anilines is 2. The first-order chi connectivity index (χ1) is 9.72. The maximum absolute atomic E-state index is 5.71. The molecule has 1 aromatic heterocycles. The molecule has 0 aliphatic carbocycles. The molecule has 1 saturated heterocycles. The van der Waals surface area contributed by atoms with Crippen molar-refractivity contribution in [3.8, 4) is 0 Å². The van der Waals surface area contributed by atoms with E-state index in [4.69, 9.17) is 4.74 Å². The second kappa shape index (κ2) is 7.43. The van der Waals surface area contributed by atoms with Gasteiger partial charge in [0.15, 0.2) is 0 Å². The van der Waals surface area contributed by atoms with Crippen LogP contribution >= 0.6 is 0 Å². The number of hydrogen-bond acceptors (Lipinski definition) is 5.